The molecule has 2 aromatic heterocycles. The summed E-state index contributed by atoms with van der Waals surface area (Å²) in [6, 6.07) is 13.6. The number of aromatic nitrogens is 2. The highest BCUT2D eigenvalue weighted by Gasteiger charge is 2.26. The van der Waals surface area contributed by atoms with Gasteiger partial charge >= 0.3 is 0 Å². The van der Waals surface area contributed by atoms with Crippen molar-refractivity contribution in [3.8, 4) is 17.0 Å². The van der Waals surface area contributed by atoms with Crippen molar-refractivity contribution >= 4 is 44.8 Å². The van der Waals surface area contributed by atoms with E-state index in [1.165, 1.54) is 0 Å². The predicted molar refractivity (Wildman–Crippen MR) is 144 cm³/mol. The monoisotopic (exact) mass is 546 g/mol. The smallest absolute Gasteiger partial charge is 0.151 e. The molecule has 5 rings (SSSR count). The van der Waals surface area contributed by atoms with Gasteiger partial charge in [0.1, 0.15) is 24.2 Å². The van der Waals surface area contributed by atoms with E-state index in [0.717, 1.165) is 57.6 Å². The summed E-state index contributed by atoms with van der Waals surface area (Å²) in [5.41, 5.74) is 2.54. The minimum absolute atomic E-state index is 0.247. The third kappa shape index (κ3) is 6.02. The van der Waals surface area contributed by atoms with Crippen LogP contribution in [0.2, 0.25) is 10.0 Å². The van der Waals surface area contributed by atoms with Crippen LogP contribution in [-0.4, -0.2) is 70.0 Å². The number of aliphatic hydroxyl groups is 1. The number of piperazine rings is 1. The van der Waals surface area contributed by atoms with Gasteiger partial charge in [0.15, 0.2) is 5.76 Å². The Labute approximate surface area is 224 Å². The second-order valence-electron chi connectivity index (χ2n) is 9.21. The molecule has 2 aromatic carbocycles. The van der Waals surface area contributed by atoms with Crippen molar-refractivity contribution in [2.75, 3.05) is 32.8 Å². The predicted octanol–water partition coefficient (Wildman–Crippen LogP) is 5.51. The average molecular weight is 548 g/mol. The first-order valence-electron chi connectivity index (χ1n) is 11.9. The minimum Gasteiger partial charge on any atom is -0.491 e. The number of hydrogen-bond donors (Lipinski definition) is 1. The highest BCUT2D eigenvalue weighted by Crippen LogP contribution is 2.29. The Kier molecular flexibility index (Phi) is 7.81. The summed E-state index contributed by atoms with van der Waals surface area (Å²) in [5, 5.41) is 16.8. The van der Waals surface area contributed by atoms with Gasteiger partial charge in [-0.3, -0.25) is 9.80 Å². The quantitative estimate of drug-likeness (QED) is 0.312. The summed E-state index contributed by atoms with van der Waals surface area (Å²) in [6.45, 7) is 8.27. The molecule has 1 aliphatic heterocycles. The Balaban J connectivity index is 1.10. The van der Waals surface area contributed by atoms with Crippen LogP contribution in [0.4, 0.5) is 0 Å². The van der Waals surface area contributed by atoms with E-state index in [4.69, 9.17) is 32.5 Å². The van der Waals surface area contributed by atoms with Gasteiger partial charge in [-0.25, -0.2) is 4.98 Å². The molecule has 4 aromatic rings. The second-order valence-corrected chi connectivity index (χ2v) is 11.3. The zero-order valence-electron chi connectivity index (χ0n) is 20.2. The lowest BCUT2D eigenvalue weighted by atomic mass is 10.1. The van der Waals surface area contributed by atoms with E-state index < -0.39 is 6.10 Å². The van der Waals surface area contributed by atoms with Crippen LogP contribution in [-0.2, 0) is 6.54 Å². The fraction of sp³-hybridized carbons (Fsp3) is 0.385. The lowest BCUT2D eigenvalue weighted by Gasteiger charge is -2.40. The molecule has 2 atom stereocenters. The van der Waals surface area contributed by atoms with Gasteiger partial charge < -0.3 is 14.4 Å². The zero-order valence-corrected chi connectivity index (χ0v) is 22.5. The van der Waals surface area contributed by atoms with E-state index in [-0.39, 0.29) is 6.61 Å². The first-order valence-corrected chi connectivity index (χ1v) is 13.5. The molecule has 0 radical (unpaired) electrons. The number of aryl methyl sites for hydroxylation is 1. The molecule has 1 N–H and O–H groups in total. The van der Waals surface area contributed by atoms with Gasteiger partial charge in [0, 0.05) is 49.9 Å². The molecule has 3 heterocycles. The van der Waals surface area contributed by atoms with Crippen molar-refractivity contribution in [2.45, 2.75) is 32.5 Å². The van der Waals surface area contributed by atoms with Crippen LogP contribution in [0, 0.1) is 6.92 Å². The first kappa shape index (κ1) is 25.4. The molecular weight excluding hydrogens is 519 g/mol. The van der Waals surface area contributed by atoms with Crippen LogP contribution < -0.4 is 4.74 Å². The molecule has 0 amide bonds. The van der Waals surface area contributed by atoms with Gasteiger partial charge in [-0.1, -0.05) is 34.4 Å². The SMILES string of the molecule is Cc1nc2cc(OCC(O)CN3CCN(Cc4cc(-c5ccc(Cl)c(Cl)c5)no4)CC3C)ccc2s1. The van der Waals surface area contributed by atoms with Crippen molar-refractivity contribution in [1.29, 1.82) is 0 Å². The van der Waals surface area contributed by atoms with E-state index in [9.17, 15) is 5.11 Å². The van der Waals surface area contributed by atoms with Crippen LogP contribution >= 0.6 is 34.5 Å². The molecule has 0 bridgehead atoms. The number of β-amino-alcohol motifs (C(OH)–C–C–N with tert-alkyl or cyclic N) is 1. The van der Waals surface area contributed by atoms with Gasteiger partial charge in [-0.15, -0.1) is 11.3 Å². The maximum atomic E-state index is 10.6. The lowest BCUT2D eigenvalue weighted by molar-refractivity contribution is 0.0178. The van der Waals surface area contributed by atoms with Crippen LogP contribution in [0.3, 0.4) is 0 Å². The molecule has 1 saturated heterocycles. The molecule has 190 valence electrons. The van der Waals surface area contributed by atoms with E-state index in [2.05, 4.69) is 26.9 Å². The largest absolute Gasteiger partial charge is 0.491 e. The number of ether oxygens (including phenoxy) is 1. The lowest BCUT2D eigenvalue weighted by Crippen LogP contribution is -2.53. The Hall–Kier alpha value is -2.20. The number of hydrogen-bond acceptors (Lipinski definition) is 8. The van der Waals surface area contributed by atoms with Crippen LogP contribution in [0.25, 0.3) is 21.5 Å². The normalized spacial score (nSPS) is 18.1. The third-order valence-electron chi connectivity index (χ3n) is 6.36. The topological polar surface area (TPSA) is 74.9 Å². The molecule has 10 heteroatoms. The van der Waals surface area contributed by atoms with Crippen LogP contribution in [0.1, 0.15) is 17.7 Å². The first-order chi connectivity index (χ1) is 17.3. The number of thiazole rings is 1. The van der Waals surface area contributed by atoms with Crippen molar-refractivity contribution in [1.82, 2.24) is 19.9 Å². The van der Waals surface area contributed by atoms with Crippen molar-refractivity contribution < 1.29 is 14.4 Å². The Morgan fingerprint density at radius 2 is 2.03 bits per heavy atom. The summed E-state index contributed by atoms with van der Waals surface area (Å²) in [5.74, 6) is 1.54. The highest BCUT2D eigenvalue weighted by molar-refractivity contribution is 7.18. The van der Waals surface area contributed by atoms with Gasteiger partial charge in [0.05, 0.1) is 31.8 Å². The Bertz CT molecular complexity index is 1340. The summed E-state index contributed by atoms with van der Waals surface area (Å²) in [4.78, 5) is 9.15. The van der Waals surface area contributed by atoms with Gasteiger partial charge in [0.2, 0.25) is 0 Å². The van der Waals surface area contributed by atoms with Gasteiger partial charge in [-0.05, 0) is 38.1 Å². The Morgan fingerprint density at radius 1 is 1.17 bits per heavy atom. The molecule has 1 fully saturated rings. The molecule has 0 saturated carbocycles. The van der Waals surface area contributed by atoms with E-state index in [1.807, 2.05) is 37.3 Å². The zero-order chi connectivity index (χ0) is 25.2. The molecule has 36 heavy (non-hydrogen) atoms. The minimum atomic E-state index is -0.574. The molecule has 2 unspecified atom stereocenters. The summed E-state index contributed by atoms with van der Waals surface area (Å²) >= 11 is 13.8. The van der Waals surface area contributed by atoms with E-state index in [1.54, 1.807) is 23.5 Å². The number of nitrogens with zero attached hydrogens (tertiary/aromatic N) is 4. The number of fused-ring (bicyclic) bond motifs is 1. The number of benzene rings is 2. The molecular formula is C26H28Cl2N4O3S. The molecule has 1 aliphatic rings. The maximum absolute atomic E-state index is 10.6. The molecule has 7 nitrogen and oxygen atoms in total. The van der Waals surface area contributed by atoms with E-state index in [0.29, 0.717) is 29.2 Å². The molecule has 0 spiro atoms. The second kappa shape index (κ2) is 11.0. The van der Waals surface area contributed by atoms with Crippen molar-refractivity contribution in [3.05, 3.63) is 63.3 Å². The number of halogens is 2. The number of rotatable bonds is 8. The standard InChI is InChI=1S/C26H28Cl2N4O3S/c1-16-12-31(14-21-11-24(30-35-21)18-3-5-22(27)23(28)9-18)7-8-32(16)13-19(33)15-34-20-4-6-26-25(10-20)29-17(2)36-26/h3-6,9-11,16,19,33H,7-8,12-15H2,1-2H3. The third-order valence-corrected chi connectivity index (χ3v) is 8.05. The molecule has 0 aliphatic carbocycles. The van der Waals surface area contributed by atoms with Crippen LogP contribution in [0.15, 0.2) is 47.0 Å². The fourth-order valence-electron chi connectivity index (χ4n) is 4.51. The fourth-order valence-corrected chi connectivity index (χ4v) is 5.62. The maximum Gasteiger partial charge on any atom is 0.151 e. The van der Waals surface area contributed by atoms with Crippen LogP contribution in [0.5, 0.6) is 5.75 Å². The van der Waals surface area contributed by atoms with Crippen molar-refractivity contribution in [3.63, 3.8) is 0 Å². The average Bonchev–Trinajstić information content (AvgIpc) is 3.46. The highest BCUT2D eigenvalue weighted by atomic mass is 35.5. The van der Waals surface area contributed by atoms with Gasteiger partial charge in [0.25, 0.3) is 0 Å². The Morgan fingerprint density at radius 3 is 2.83 bits per heavy atom. The van der Waals surface area contributed by atoms with E-state index >= 15 is 0 Å². The summed E-state index contributed by atoms with van der Waals surface area (Å²) < 4.78 is 12.6. The summed E-state index contributed by atoms with van der Waals surface area (Å²) in [7, 11) is 0. The van der Waals surface area contributed by atoms with Gasteiger partial charge in [-0.2, -0.15) is 0 Å². The summed E-state index contributed by atoms with van der Waals surface area (Å²) in [6.07, 6.45) is -0.574. The number of aliphatic hydroxyl groups excluding tert-OH is 1. The van der Waals surface area contributed by atoms with Crippen molar-refractivity contribution in [2.24, 2.45) is 0 Å².